The van der Waals surface area contributed by atoms with Crippen molar-refractivity contribution < 1.29 is 4.79 Å². The van der Waals surface area contributed by atoms with E-state index in [2.05, 4.69) is 4.99 Å². The Balaban J connectivity index is 2.81. The first-order valence-electron chi connectivity index (χ1n) is 3.61. The van der Waals surface area contributed by atoms with Gasteiger partial charge in [0.2, 0.25) is 5.91 Å². The summed E-state index contributed by atoms with van der Waals surface area (Å²) in [4.78, 5) is 14.4. The molecule has 0 heterocycles. The fourth-order valence-electron chi connectivity index (χ4n) is 0.976. The third-order valence-corrected chi connectivity index (χ3v) is 1.41. The number of allylic oxidation sites excluding steroid dienone is 4. The maximum absolute atomic E-state index is 10.6. The number of hydrogen-bond acceptors (Lipinski definition) is 1. The molecule has 2 heteroatoms. The van der Waals surface area contributed by atoms with Crippen LogP contribution >= 0.6 is 0 Å². The van der Waals surface area contributed by atoms with Crippen LogP contribution in [0.1, 0.15) is 20.3 Å². The molecular weight excluding hydrogens is 138 g/mol. The van der Waals surface area contributed by atoms with Gasteiger partial charge >= 0.3 is 0 Å². The van der Waals surface area contributed by atoms with Crippen molar-refractivity contribution in [1.82, 2.24) is 0 Å². The number of hydrogen-bond donors (Lipinski definition) is 0. The van der Waals surface area contributed by atoms with E-state index in [9.17, 15) is 4.79 Å². The van der Waals surface area contributed by atoms with Gasteiger partial charge in [-0.2, -0.15) is 0 Å². The van der Waals surface area contributed by atoms with E-state index in [1.165, 1.54) is 12.5 Å². The highest BCUT2D eigenvalue weighted by atomic mass is 16.1. The van der Waals surface area contributed by atoms with Crippen molar-refractivity contribution in [3.05, 3.63) is 23.8 Å². The number of rotatable bonds is 0. The van der Waals surface area contributed by atoms with Crippen molar-refractivity contribution in [2.45, 2.75) is 20.3 Å². The molecule has 0 aliphatic heterocycles. The Bertz CT molecular complexity index is 259. The molecular formula is C9H11NO. The van der Waals surface area contributed by atoms with Crippen LogP contribution < -0.4 is 0 Å². The molecule has 0 fully saturated rings. The average Bonchev–Trinajstić information content (AvgIpc) is 1.85. The summed E-state index contributed by atoms with van der Waals surface area (Å²) in [6, 6.07) is 0. The van der Waals surface area contributed by atoms with Gasteiger partial charge in [0.25, 0.3) is 0 Å². The molecule has 0 unspecified atom stereocenters. The highest BCUT2D eigenvalue weighted by Gasteiger charge is 1.98. The number of carbonyl (C=O) groups is 1. The van der Waals surface area contributed by atoms with Crippen molar-refractivity contribution in [1.29, 1.82) is 0 Å². The number of aliphatic imine (C=N–C) groups is 1. The monoisotopic (exact) mass is 149 g/mol. The summed E-state index contributed by atoms with van der Waals surface area (Å²) in [6.45, 7) is 3.48. The lowest BCUT2D eigenvalue weighted by Gasteiger charge is -2.02. The maximum atomic E-state index is 10.6. The van der Waals surface area contributed by atoms with Gasteiger partial charge in [-0.05, 0) is 25.5 Å². The summed E-state index contributed by atoms with van der Waals surface area (Å²) in [7, 11) is 0. The van der Waals surface area contributed by atoms with Crippen molar-refractivity contribution >= 4 is 11.6 Å². The molecule has 1 rings (SSSR count). The molecule has 1 aliphatic rings. The van der Waals surface area contributed by atoms with E-state index in [4.69, 9.17) is 0 Å². The quantitative estimate of drug-likeness (QED) is 0.517. The smallest absolute Gasteiger partial charge is 0.243 e. The lowest BCUT2D eigenvalue weighted by atomic mass is 10.1. The molecule has 0 saturated heterocycles. The van der Waals surface area contributed by atoms with E-state index in [0.717, 1.165) is 12.1 Å². The number of carbonyl (C=O) groups excluding carboxylic acids is 1. The molecule has 2 nitrogen and oxygen atoms in total. The van der Waals surface area contributed by atoms with Crippen LogP contribution in [0.3, 0.4) is 0 Å². The first-order valence-corrected chi connectivity index (χ1v) is 3.61. The largest absolute Gasteiger partial charge is 0.273 e. The molecule has 0 radical (unpaired) electrons. The average molecular weight is 149 g/mol. The SMILES string of the molecule is CC(=O)N=C1C=CCC(C)=C1. The van der Waals surface area contributed by atoms with E-state index < -0.39 is 0 Å². The Hall–Kier alpha value is -1.18. The van der Waals surface area contributed by atoms with Crippen molar-refractivity contribution in [3.8, 4) is 0 Å². The van der Waals surface area contributed by atoms with Crippen molar-refractivity contribution in [2.75, 3.05) is 0 Å². The summed E-state index contributed by atoms with van der Waals surface area (Å²) >= 11 is 0. The van der Waals surface area contributed by atoms with Crippen LogP contribution in [0.15, 0.2) is 28.8 Å². The molecule has 58 valence electrons. The summed E-state index contributed by atoms with van der Waals surface area (Å²) in [5.41, 5.74) is 2.01. The summed E-state index contributed by atoms with van der Waals surface area (Å²) < 4.78 is 0. The molecule has 1 aliphatic carbocycles. The predicted octanol–water partition coefficient (Wildman–Crippen LogP) is 1.88. The van der Waals surface area contributed by atoms with Crippen molar-refractivity contribution in [3.63, 3.8) is 0 Å². The topological polar surface area (TPSA) is 29.4 Å². The molecule has 0 N–H and O–H groups in total. The zero-order valence-corrected chi connectivity index (χ0v) is 6.79. The van der Waals surface area contributed by atoms with Crippen LogP contribution in [0, 0.1) is 0 Å². The van der Waals surface area contributed by atoms with Crippen LogP contribution in [0.4, 0.5) is 0 Å². The normalized spacial score (nSPS) is 20.2. The van der Waals surface area contributed by atoms with Crippen LogP contribution in [0.25, 0.3) is 0 Å². The predicted molar refractivity (Wildman–Crippen MR) is 45.6 cm³/mol. The molecule has 0 aromatic heterocycles. The molecule has 0 saturated carbocycles. The van der Waals surface area contributed by atoms with Crippen LogP contribution in [0.2, 0.25) is 0 Å². The number of nitrogens with zero attached hydrogens (tertiary/aromatic N) is 1. The van der Waals surface area contributed by atoms with E-state index in [-0.39, 0.29) is 5.91 Å². The van der Waals surface area contributed by atoms with E-state index >= 15 is 0 Å². The summed E-state index contributed by atoms with van der Waals surface area (Å²) in [6.07, 6.45) is 6.78. The van der Waals surface area contributed by atoms with Crippen LogP contribution in [-0.4, -0.2) is 11.6 Å². The van der Waals surface area contributed by atoms with Gasteiger partial charge in [0.05, 0.1) is 5.71 Å². The standard InChI is InChI=1S/C9H11NO/c1-7-4-3-5-9(6-7)10-8(2)11/h3,5-6H,4H2,1-2H3. The fraction of sp³-hybridized carbons (Fsp3) is 0.333. The van der Waals surface area contributed by atoms with Gasteiger partial charge < -0.3 is 0 Å². The zero-order chi connectivity index (χ0) is 8.27. The van der Waals surface area contributed by atoms with Gasteiger partial charge in [-0.15, -0.1) is 0 Å². The Kier molecular flexibility index (Phi) is 2.36. The first-order chi connectivity index (χ1) is 5.18. The second kappa shape index (κ2) is 3.28. The lowest BCUT2D eigenvalue weighted by molar-refractivity contribution is -0.115. The van der Waals surface area contributed by atoms with Gasteiger partial charge in [-0.3, -0.25) is 4.79 Å². The Morgan fingerprint density at radius 1 is 1.64 bits per heavy atom. The van der Waals surface area contributed by atoms with Crippen molar-refractivity contribution in [2.24, 2.45) is 4.99 Å². The maximum Gasteiger partial charge on any atom is 0.243 e. The second-order valence-electron chi connectivity index (χ2n) is 2.65. The molecule has 1 amide bonds. The summed E-state index contributed by atoms with van der Waals surface area (Å²) in [5, 5.41) is 0. The molecule has 0 bridgehead atoms. The minimum Gasteiger partial charge on any atom is -0.273 e. The van der Waals surface area contributed by atoms with Crippen LogP contribution in [0.5, 0.6) is 0 Å². The lowest BCUT2D eigenvalue weighted by Crippen LogP contribution is -1.98. The van der Waals surface area contributed by atoms with Gasteiger partial charge in [0.15, 0.2) is 0 Å². The van der Waals surface area contributed by atoms with E-state index in [1.807, 2.05) is 25.2 Å². The van der Waals surface area contributed by atoms with E-state index in [1.54, 1.807) is 0 Å². The van der Waals surface area contributed by atoms with Gasteiger partial charge in [0, 0.05) is 6.92 Å². The Morgan fingerprint density at radius 2 is 2.36 bits per heavy atom. The highest BCUT2D eigenvalue weighted by Crippen LogP contribution is 2.07. The fourth-order valence-corrected chi connectivity index (χ4v) is 0.976. The first kappa shape index (κ1) is 7.92. The molecule has 0 spiro atoms. The van der Waals surface area contributed by atoms with Crippen LogP contribution in [-0.2, 0) is 4.79 Å². The van der Waals surface area contributed by atoms with Gasteiger partial charge in [0.1, 0.15) is 0 Å². The molecule has 0 atom stereocenters. The molecule has 11 heavy (non-hydrogen) atoms. The molecule has 0 aromatic carbocycles. The highest BCUT2D eigenvalue weighted by molar-refractivity contribution is 6.09. The van der Waals surface area contributed by atoms with E-state index in [0.29, 0.717) is 0 Å². The summed E-state index contributed by atoms with van der Waals surface area (Å²) in [5.74, 6) is -0.143. The van der Waals surface area contributed by atoms with Gasteiger partial charge in [-0.25, -0.2) is 4.99 Å². The minimum absolute atomic E-state index is 0.143. The molecule has 0 aromatic rings. The van der Waals surface area contributed by atoms with Gasteiger partial charge in [-0.1, -0.05) is 11.6 Å². The minimum atomic E-state index is -0.143. The Morgan fingerprint density at radius 3 is 2.91 bits per heavy atom. The number of amides is 1. The second-order valence-corrected chi connectivity index (χ2v) is 2.65. The Labute approximate surface area is 66.3 Å². The zero-order valence-electron chi connectivity index (χ0n) is 6.79. The third kappa shape index (κ3) is 2.50. The third-order valence-electron chi connectivity index (χ3n) is 1.41.